The molecule has 2 saturated carbocycles. The Morgan fingerprint density at radius 2 is 1.72 bits per heavy atom. The maximum atomic E-state index is 3.85. The van der Waals surface area contributed by atoms with Crippen LogP contribution in [0.2, 0.25) is 0 Å². The summed E-state index contributed by atoms with van der Waals surface area (Å²) in [6.07, 6.45) is 8.49. The minimum atomic E-state index is 0.459. The Labute approximate surface area is 114 Å². The molecule has 2 fully saturated rings. The van der Waals surface area contributed by atoms with Crippen molar-refractivity contribution in [1.29, 1.82) is 0 Å². The Balaban J connectivity index is 1.74. The normalized spacial score (nSPS) is 29.8. The largest absolute Gasteiger partial charge is 0.312 e. The number of nitrogens with zero attached hydrogens (tertiary/aromatic N) is 1. The molecule has 2 unspecified atom stereocenters. The summed E-state index contributed by atoms with van der Waals surface area (Å²) in [5, 5.41) is 3.85. The summed E-state index contributed by atoms with van der Waals surface area (Å²) in [5.41, 5.74) is 0.459. The van der Waals surface area contributed by atoms with E-state index >= 15 is 0 Å². The summed E-state index contributed by atoms with van der Waals surface area (Å²) >= 11 is 0. The molecule has 0 aromatic rings. The summed E-state index contributed by atoms with van der Waals surface area (Å²) in [6, 6.07) is 1.66. The molecule has 18 heavy (non-hydrogen) atoms. The average molecular weight is 252 g/mol. The van der Waals surface area contributed by atoms with E-state index in [4.69, 9.17) is 0 Å². The lowest BCUT2D eigenvalue weighted by atomic mass is 9.69. The fourth-order valence-corrected chi connectivity index (χ4v) is 3.54. The van der Waals surface area contributed by atoms with Gasteiger partial charge in [-0.05, 0) is 44.1 Å². The number of hydrogen-bond donors (Lipinski definition) is 1. The highest BCUT2D eigenvalue weighted by Gasteiger charge is 2.33. The quantitative estimate of drug-likeness (QED) is 0.808. The van der Waals surface area contributed by atoms with Gasteiger partial charge in [0.2, 0.25) is 0 Å². The monoisotopic (exact) mass is 252 g/mol. The highest BCUT2D eigenvalue weighted by atomic mass is 15.2. The second-order valence-corrected chi connectivity index (χ2v) is 7.53. The zero-order chi connectivity index (χ0) is 13.2. The molecule has 0 aliphatic heterocycles. The van der Waals surface area contributed by atoms with E-state index in [1.54, 1.807) is 0 Å². The molecule has 0 heterocycles. The van der Waals surface area contributed by atoms with Crippen LogP contribution in [0.5, 0.6) is 0 Å². The van der Waals surface area contributed by atoms with E-state index in [0.717, 1.165) is 18.0 Å². The molecule has 2 aliphatic carbocycles. The predicted molar refractivity (Wildman–Crippen MR) is 78.9 cm³/mol. The molecule has 0 radical (unpaired) electrons. The lowest BCUT2D eigenvalue weighted by molar-refractivity contribution is 0.129. The van der Waals surface area contributed by atoms with Crippen molar-refractivity contribution in [3.05, 3.63) is 0 Å². The summed E-state index contributed by atoms with van der Waals surface area (Å²) < 4.78 is 0. The van der Waals surface area contributed by atoms with E-state index in [-0.39, 0.29) is 0 Å². The van der Waals surface area contributed by atoms with Crippen LogP contribution >= 0.6 is 0 Å². The van der Waals surface area contributed by atoms with E-state index in [0.29, 0.717) is 5.41 Å². The van der Waals surface area contributed by atoms with Gasteiger partial charge in [-0.1, -0.05) is 33.6 Å². The average Bonchev–Trinajstić information content (AvgIpc) is 3.12. The third-order valence-corrected chi connectivity index (χ3v) is 4.92. The van der Waals surface area contributed by atoms with Gasteiger partial charge in [-0.15, -0.1) is 0 Å². The zero-order valence-corrected chi connectivity index (χ0v) is 12.8. The fraction of sp³-hybridized carbons (Fsp3) is 1.00. The Morgan fingerprint density at radius 3 is 2.33 bits per heavy atom. The molecule has 0 bridgehead atoms. The van der Waals surface area contributed by atoms with Crippen LogP contribution in [0.4, 0.5) is 0 Å². The van der Waals surface area contributed by atoms with Gasteiger partial charge in [0.05, 0.1) is 0 Å². The number of likely N-dealkylation sites (N-methyl/N-ethyl adjacent to an activating group) is 1. The molecular formula is C16H32N2. The van der Waals surface area contributed by atoms with Crippen molar-refractivity contribution in [2.75, 3.05) is 20.1 Å². The molecule has 2 aliphatic rings. The predicted octanol–water partition coefficient (Wildman–Crippen LogP) is 3.28. The van der Waals surface area contributed by atoms with Gasteiger partial charge in [0, 0.05) is 25.2 Å². The second kappa shape index (κ2) is 5.92. The molecule has 2 heteroatoms. The number of nitrogens with one attached hydrogen (secondary N) is 1. The Bertz CT molecular complexity index is 252. The molecule has 1 N–H and O–H groups in total. The molecule has 0 aromatic heterocycles. The van der Waals surface area contributed by atoms with Crippen molar-refractivity contribution in [2.24, 2.45) is 11.3 Å². The minimum absolute atomic E-state index is 0.459. The number of hydrogen-bond acceptors (Lipinski definition) is 2. The van der Waals surface area contributed by atoms with Crippen LogP contribution in [0.3, 0.4) is 0 Å². The Morgan fingerprint density at radius 1 is 1.06 bits per heavy atom. The van der Waals surface area contributed by atoms with Gasteiger partial charge >= 0.3 is 0 Å². The maximum absolute atomic E-state index is 3.85. The minimum Gasteiger partial charge on any atom is -0.312 e. The van der Waals surface area contributed by atoms with Crippen LogP contribution in [-0.2, 0) is 0 Å². The van der Waals surface area contributed by atoms with E-state index in [1.807, 2.05) is 0 Å². The molecule has 0 spiro atoms. The van der Waals surface area contributed by atoms with Crippen LogP contribution in [-0.4, -0.2) is 37.1 Å². The highest BCUT2D eigenvalue weighted by Crippen LogP contribution is 2.37. The molecule has 2 atom stereocenters. The fourth-order valence-electron chi connectivity index (χ4n) is 3.54. The summed E-state index contributed by atoms with van der Waals surface area (Å²) in [7, 11) is 2.28. The molecule has 2 rings (SSSR count). The molecular weight excluding hydrogens is 220 g/mol. The zero-order valence-electron chi connectivity index (χ0n) is 12.8. The molecule has 0 saturated heterocycles. The Kier molecular flexibility index (Phi) is 4.71. The van der Waals surface area contributed by atoms with Gasteiger partial charge in [0.15, 0.2) is 0 Å². The SMILES string of the molecule is CN(CCNC1CCCCC1C(C)(C)C)C1CC1. The van der Waals surface area contributed by atoms with Gasteiger partial charge in [-0.2, -0.15) is 0 Å². The van der Waals surface area contributed by atoms with Crippen LogP contribution in [0.25, 0.3) is 0 Å². The van der Waals surface area contributed by atoms with Crippen molar-refractivity contribution in [3.8, 4) is 0 Å². The van der Waals surface area contributed by atoms with E-state index in [2.05, 4.69) is 38.0 Å². The lowest BCUT2D eigenvalue weighted by Gasteiger charge is -2.41. The van der Waals surface area contributed by atoms with Crippen molar-refractivity contribution in [3.63, 3.8) is 0 Å². The van der Waals surface area contributed by atoms with Gasteiger partial charge in [0.1, 0.15) is 0 Å². The van der Waals surface area contributed by atoms with Crippen LogP contribution in [0.1, 0.15) is 59.3 Å². The highest BCUT2D eigenvalue weighted by molar-refractivity contribution is 4.89. The first-order chi connectivity index (χ1) is 8.48. The van der Waals surface area contributed by atoms with Gasteiger partial charge in [-0.3, -0.25) is 0 Å². The lowest BCUT2D eigenvalue weighted by Crippen LogP contribution is -2.46. The standard InChI is InChI=1S/C16H32N2/c1-16(2,3)14-7-5-6-8-15(14)17-11-12-18(4)13-9-10-13/h13-15,17H,5-12H2,1-4H3. The summed E-state index contributed by atoms with van der Waals surface area (Å²) in [6.45, 7) is 9.62. The first-order valence-corrected chi connectivity index (χ1v) is 7.92. The maximum Gasteiger partial charge on any atom is 0.0107 e. The summed E-state index contributed by atoms with van der Waals surface area (Å²) in [5.74, 6) is 0.859. The van der Waals surface area contributed by atoms with Crippen LogP contribution in [0.15, 0.2) is 0 Å². The first kappa shape index (κ1) is 14.3. The third-order valence-electron chi connectivity index (χ3n) is 4.92. The second-order valence-electron chi connectivity index (χ2n) is 7.53. The van der Waals surface area contributed by atoms with E-state index in [9.17, 15) is 0 Å². The third kappa shape index (κ3) is 3.96. The smallest absolute Gasteiger partial charge is 0.0107 e. The molecule has 0 amide bonds. The van der Waals surface area contributed by atoms with Gasteiger partial charge < -0.3 is 10.2 Å². The molecule has 2 nitrogen and oxygen atoms in total. The van der Waals surface area contributed by atoms with Crippen molar-refractivity contribution in [2.45, 2.75) is 71.4 Å². The van der Waals surface area contributed by atoms with Gasteiger partial charge in [0.25, 0.3) is 0 Å². The molecule has 106 valence electrons. The first-order valence-electron chi connectivity index (χ1n) is 7.92. The van der Waals surface area contributed by atoms with Crippen LogP contribution < -0.4 is 5.32 Å². The molecule has 0 aromatic carbocycles. The van der Waals surface area contributed by atoms with E-state index in [1.165, 1.54) is 51.6 Å². The van der Waals surface area contributed by atoms with Crippen LogP contribution in [0, 0.1) is 11.3 Å². The summed E-state index contributed by atoms with van der Waals surface area (Å²) in [4.78, 5) is 2.53. The topological polar surface area (TPSA) is 15.3 Å². The van der Waals surface area contributed by atoms with Crippen molar-refractivity contribution in [1.82, 2.24) is 10.2 Å². The number of rotatable bonds is 5. The van der Waals surface area contributed by atoms with E-state index < -0.39 is 0 Å². The Hall–Kier alpha value is -0.0800. The van der Waals surface area contributed by atoms with Crippen molar-refractivity contribution < 1.29 is 0 Å². The van der Waals surface area contributed by atoms with Gasteiger partial charge in [-0.25, -0.2) is 0 Å². The van der Waals surface area contributed by atoms with Crippen molar-refractivity contribution >= 4 is 0 Å².